The van der Waals surface area contributed by atoms with Gasteiger partial charge in [-0.3, -0.25) is 4.79 Å². The first-order chi connectivity index (χ1) is 17.7. The normalized spacial score (nSPS) is 23.6. The highest BCUT2D eigenvalue weighted by Gasteiger charge is 2.61. The summed E-state index contributed by atoms with van der Waals surface area (Å²) >= 11 is 5.96. The Labute approximate surface area is 225 Å². The molecule has 2 aromatic carbocycles. The molecule has 38 heavy (non-hydrogen) atoms. The monoisotopic (exact) mass is 591 g/mol. The van der Waals surface area contributed by atoms with Crippen LogP contribution >= 0.6 is 11.6 Å². The van der Waals surface area contributed by atoms with Crippen LogP contribution in [0.5, 0.6) is 5.75 Å². The fourth-order valence-electron chi connectivity index (χ4n) is 5.30. The lowest BCUT2D eigenvalue weighted by Crippen LogP contribution is -2.58. The van der Waals surface area contributed by atoms with Crippen molar-refractivity contribution in [1.29, 1.82) is 0 Å². The zero-order chi connectivity index (χ0) is 28.1. The quantitative estimate of drug-likeness (QED) is 0.524. The maximum absolute atomic E-state index is 15.5. The van der Waals surface area contributed by atoms with Crippen molar-refractivity contribution in [3.8, 4) is 5.75 Å². The summed E-state index contributed by atoms with van der Waals surface area (Å²) in [5.41, 5.74) is -0.439. The molecule has 0 bridgehead atoms. The Bertz CT molecular complexity index is 1460. The molecule has 3 atom stereocenters. The number of amides is 1. The van der Waals surface area contributed by atoms with E-state index in [1.165, 1.54) is 45.2 Å². The Morgan fingerprint density at radius 1 is 1.11 bits per heavy atom. The van der Waals surface area contributed by atoms with Gasteiger partial charge in [0.15, 0.2) is 31.2 Å². The number of carbonyl (C=O) groups is 1. The van der Waals surface area contributed by atoms with Crippen LogP contribution in [0.1, 0.15) is 32.3 Å². The van der Waals surface area contributed by atoms with E-state index in [1.54, 1.807) is 0 Å². The lowest BCUT2D eigenvalue weighted by Gasteiger charge is -2.50. The third-order valence-corrected chi connectivity index (χ3v) is 12.9. The number of ether oxygens (including phenoxy) is 2. The van der Waals surface area contributed by atoms with Gasteiger partial charge in [-0.05, 0) is 63.1 Å². The molecule has 1 amide bonds. The molecule has 0 saturated carbocycles. The van der Waals surface area contributed by atoms with Crippen LogP contribution in [0.4, 0.5) is 8.78 Å². The van der Waals surface area contributed by atoms with Crippen molar-refractivity contribution >= 4 is 37.2 Å². The predicted molar refractivity (Wildman–Crippen MR) is 137 cm³/mol. The molecule has 0 aliphatic carbocycles. The van der Waals surface area contributed by atoms with E-state index in [9.17, 15) is 26.0 Å². The van der Waals surface area contributed by atoms with E-state index < -0.39 is 75.8 Å². The van der Waals surface area contributed by atoms with Crippen LogP contribution < -0.4 is 10.1 Å². The van der Waals surface area contributed by atoms with Crippen LogP contribution in [0.25, 0.3) is 0 Å². The number of hydrogen-bond donors (Lipinski definition) is 1. The zero-order valence-electron chi connectivity index (χ0n) is 21.0. The van der Waals surface area contributed by atoms with Crippen LogP contribution in [0.3, 0.4) is 0 Å². The molecule has 0 aromatic heterocycles. The molecule has 0 radical (unpaired) electrons. The number of hydrogen-bond acceptors (Lipinski definition) is 7. The number of halogens is 3. The van der Waals surface area contributed by atoms with E-state index in [0.29, 0.717) is 0 Å². The molecule has 2 aromatic rings. The average Bonchev–Trinajstić information content (AvgIpc) is 2.88. The van der Waals surface area contributed by atoms with Crippen LogP contribution in [0.2, 0.25) is 5.02 Å². The fraction of sp³-hybridized carbons (Fsp3) is 0.480. The van der Waals surface area contributed by atoms with Crippen LogP contribution in [-0.2, 0) is 34.0 Å². The minimum atomic E-state index is -4.42. The van der Waals surface area contributed by atoms with Gasteiger partial charge in [-0.25, -0.2) is 25.6 Å². The molecule has 8 nitrogen and oxygen atoms in total. The molecule has 13 heteroatoms. The van der Waals surface area contributed by atoms with E-state index >= 15 is 4.39 Å². The summed E-state index contributed by atoms with van der Waals surface area (Å²) in [7, 11) is -7.13. The number of fused-ring (bicyclic) bond motifs is 3. The first-order valence-corrected chi connectivity index (χ1v) is 15.4. The average molecular weight is 592 g/mol. The number of sulfone groups is 2. The second-order valence-electron chi connectivity index (χ2n) is 9.85. The van der Waals surface area contributed by atoms with Gasteiger partial charge in [0.25, 0.3) is 0 Å². The first kappa shape index (κ1) is 28.7. The summed E-state index contributed by atoms with van der Waals surface area (Å²) in [5, 5.41) is 2.62. The summed E-state index contributed by atoms with van der Waals surface area (Å²) in [6.45, 7) is 2.03. The molecular weight excluding hydrogens is 564 g/mol. The van der Waals surface area contributed by atoms with Gasteiger partial charge in [-0.15, -0.1) is 0 Å². The number of rotatable bonds is 7. The van der Waals surface area contributed by atoms with Crippen molar-refractivity contribution in [1.82, 2.24) is 5.32 Å². The molecule has 2 heterocycles. The lowest BCUT2D eigenvalue weighted by atomic mass is 9.75. The largest absolute Gasteiger partial charge is 0.490 e. The van der Waals surface area contributed by atoms with Gasteiger partial charge in [-0.2, -0.15) is 0 Å². The third kappa shape index (κ3) is 4.39. The minimum Gasteiger partial charge on any atom is -0.490 e. The second kappa shape index (κ2) is 10.0. The van der Waals surface area contributed by atoms with Crippen LogP contribution in [-0.4, -0.2) is 59.6 Å². The summed E-state index contributed by atoms with van der Waals surface area (Å²) in [5.74, 6) is -4.66. The van der Waals surface area contributed by atoms with Gasteiger partial charge in [0.05, 0.1) is 28.9 Å². The van der Waals surface area contributed by atoms with Crippen molar-refractivity contribution < 1.29 is 39.9 Å². The van der Waals surface area contributed by atoms with Gasteiger partial charge < -0.3 is 14.8 Å². The van der Waals surface area contributed by atoms with Gasteiger partial charge >= 0.3 is 0 Å². The van der Waals surface area contributed by atoms with Gasteiger partial charge in [0.2, 0.25) is 5.91 Å². The molecule has 2 aliphatic rings. The van der Waals surface area contributed by atoms with Crippen molar-refractivity contribution in [2.45, 2.75) is 47.2 Å². The smallest absolute Gasteiger partial charge is 0.240 e. The Kier molecular flexibility index (Phi) is 7.59. The molecular formula is C25H28ClF2NO7S2. The molecule has 4 rings (SSSR count). The van der Waals surface area contributed by atoms with Gasteiger partial charge in [-0.1, -0.05) is 11.6 Å². The summed E-state index contributed by atoms with van der Waals surface area (Å²) in [6.07, 6.45) is -1.43. The second-order valence-corrected chi connectivity index (χ2v) is 15.2. The summed E-state index contributed by atoms with van der Waals surface area (Å²) in [6, 6.07) is 7.05. The maximum atomic E-state index is 15.5. The summed E-state index contributed by atoms with van der Waals surface area (Å²) in [4.78, 5) is 12.1. The first-order valence-electron chi connectivity index (χ1n) is 11.9. The van der Waals surface area contributed by atoms with Crippen molar-refractivity contribution in [3.05, 3.63) is 58.6 Å². The van der Waals surface area contributed by atoms with Crippen molar-refractivity contribution in [3.63, 3.8) is 0 Å². The van der Waals surface area contributed by atoms with Crippen molar-refractivity contribution in [2.24, 2.45) is 5.92 Å². The molecule has 0 unspecified atom stereocenters. The molecule has 208 valence electrons. The lowest BCUT2D eigenvalue weighted by molar-refractivity contribution is -0.122. The maximum Gasteiger partial charge on any atom is 0.240 e. The highest BCUT2D eigenvalue weighted by atomic mass is 35.5. The topological polar surface area (TPSA) is 116 Å². The Balaban J connectivity index is 1.83. The predicted octanol–water partition coefficient (Wildman–Crippen LogP) is 3.41. The molecule has 1 N–H and O–H groups in total. The van der Waals surface area contributed by atoms with E-state index in [1.807, 2.05) is 0 Å². The Morgan fingerprint density at radius 2 is 1.74 bits per heavy atom. The van der Waals surface area contributed by atoms with E-state index in [0.717, 1.165) is 12.1 Å². The molecule has 1 fully saturated rings. The standard InChI is InChI=1S/C25H28ClF2NO7S2/c1-24(2,23(30)29-3)37(31,32)13-10-20-17-14-36-22-19(28)9-8-18(27)21(22)25(17,11-12-35-20)38(33,34)16-6-4-15(26)5-7-16/h4-9,17,20H,10-14H2,1-3H3,(H,29,30)/t17-,20-,25-/m0/s1. The van der Waals surface area contributed by atoms with Crippen LogP contribution in [0.15, 0.2) is 41.3 Å². The van der Waals surface area contributed by atoms with Gasteiger partial charge in [0.1, 0.15) is 15.3 Å². The Morgan fingerprint density at radius 3 is 2.37 bits per heavy atom. The minimum absolute atomic E-state index is 0.155. The SMILES string of the molecule is CNC(=O)C(C)(C)S(=O)(=O)CC[C@@H]1OCC[C@@]2(S(=O)(=O)c3ccc(Cl)cc3)c3c(F)ccc(F)c3OC[C@@H]12. The molecule has 2 aliphatic heterocycles. The van der Waals surface area contributed by atoms with E-state index in [4.69, 9.17) is 21.1 Å². The van der Waals surface area contributed by atoms with E-state index in [2.05, 4.69) is 5.32 Å². The molecule has 0 spiro atoms. The zero-order valence-corrected chi connectivity index (χ0v) is 23.4. The molecule has 1 saturated heterocycles. The van der Waals surface area contributed by atoms with E-state index in [-0.39, 0.29) is 36.0 Å². The third-order valence-electron chi connectivity index (χ3n) is 7.57. The van der Waals surface area contributed by atoms with Crippen molar-refractivity contribution in [2.75, 3.05) is 26.0 Å². The van der Waals surface area contributed by atoms with Gasteiger partial charge in [0, 0.05) is 24.6 Å². The highest BCUT2D eigenvalue weighted by Crippen LogP contribution is 2.56. The highest BCUT2D eigenvalue weighted by molar-refractivity contribution is 7.93. The number of carbonyl (C=O) groups excluding carboxylic acids is 1. The fourth-order valence-corrected chi connectivity index (χ4v) is 9.21. The Hall–Kier alpha value is -2.28. The number of benzene rings is 2. The summed E-state index contributed by atoms with van der Waals surface area (Å²) < 4.78 is 92.7. The van der Waals surface area contributed by atoms with Crippen LogP contribution in [0, 0.1) is 17.6 Å². The number of nitrogens with one attached hydrogen (secondary N) is 1.